The topological polar surface area (TPSA) is 49.3 Å². The Hall–Kier alpha value is -0.570. The third-order valence-corrected chi connectivity index (χ3v) is 2.51. The number of carboxylic acids is 1. The van der Waals surface area contributed by atoms with Crippen molar-refractivity contribution in [2.24, 2.45) is 5.92 Å². The van der Waals surface area contributed by atoms with Crippen LogP contribution < -0.4 is 5.32 Å². The summed E-state index contributed by atoms with van der Waals surface area (Å²) in [6.45, 7) is 2.96. The van der Waals surface area contributed by atoms with Crippen molar-refractivity contribution < 1.29 is 9.90 Å². The fourth-order valence-electron chi connectivity index (χ4n) is 1.93. The third-order valence-electron chi connectivity index (χ3n) is 2.51. The second-order valence-electron chi connectivity index (χ2n) is 3.46. The highest BCUT2D eigenvalue weighted by Gasteiger charge is 2.29. The molecular weight excluding hydrogens is 154 g/mol. The SMILES string of the molecule is CCC[C@@H]1CCCN[C@@H]1C(=O)O. The van der Waals surface area contributed by atoms with E-state index < -0.39 is 5.97 Å². The molecule has 0 aromatic rings. The molecule has 3 heteroatoms. The van der Waals surface area contributed by atoms with Crippen LogP contribution in [0.15, 0.2) is 0 Å². The Morgan fingerprint density at radius 3 is 3.00 bits per heavy atom. The molecule has 1 saturated heterocycles. The Bertz CT molecular complexity index is 157. The molecule has 0 radical (unpaired) electrons. The van der Waals surface area contributed by atoms with Crippen LogP contribution in [0.25, 0.3) is 0 Å². The van der Waals surface area contributed by atoms with Gasteiger partial charge in [-0.15, -0.1) is 0 Å². The first kappa shape index (κ1) is 9.52. The molecule has 0 spiro atoms. The van der Waals surface area contributed by atoms with Crippen LogP contribution in [0.4, 0.5) is 0 Å². The number of hydrogen-bond donors (Lipinski definition) is 2. The number of aliphatic carboxylic acids is 1. The van der Waals surface area contributed by atoms with Gasteiger partial charge in [-0.05, 0) is 31.7 Å². The van der Waals surface area contributed by atoms with Crippen molar-refractivity contribution in [3.05, 3.63) is 0 Å². The smallest absolute Gasteiger partial charge is 0.320 e. The van der Waals surface area contributed by atoms with Crippen LogP contribution in [0.5, 0.6) is 0 Å². The van der Waals surface area contributed by atoms with Crippen LogP contribution in [-0.4, -0.2) is 23.7 Å². The lowest BCUT2D eigenvalue weighted by molar-refractivity contribution is -0.141. The van der Waals surface area contributed by atoms with E-state index in [0.717, 1.165) is 32.2 Å². The van der Waals surface area contributed by atoms with Crippen LogP contribution >= 0.6 is 0 Å². The molecule has 2 atom stereocenters. The van der Waals surface area contributed by atoms with E-state index in [4.69, 9.17) is 5.11 Å². The predicted octanol–water partition coefficient (Wildman–Crippen LogP) is 1.24. The standard InChI is InChI=1S/C9H17NO2/c1-2-4-7-5-3-6-10-8(7)9(11)12/h7-8,10H,2-6H2,1H3,(H,11,12)/t7-,8+/m1/s1. The fraction of sp³-hybridized carbons (Fsp3) is 0.889. The quantitative estimate of drug-likeness (QED) is 0.671. The summed E-state index contributed by atoms with van der Waals surface area (Å²) in [6, 6.07) is -0.293. The summed E-state index contributed by atoms with van der Waals surface area (Å²) in [7, 11) is 0. The molecule has 0 saturated carbocycles. The summed E-state index contributed by atoms with van der Waals surface area (Å²) in [6.07, 6.45) is 4.30. The Morgan fingerprint density at radius 1 is 1.67 bits per heavy atom. The van der Waals surface area contributed by atoms with Crippen LogP contribution in [-0.2, 0) is 4.79 Å². The number of hydrogen-bond acceptors (Lipinski definition) is 2. The summed E-state index contributed by atoms with van der Waals surface area (Å²) in [5.74, 6) is -0.339. The first-order valence-electron chi connectivity index (χ1n) is 4.72. The van der Waals surface area contributed by atoms with E-state index >= 15 is 0 Å². The van der Waals surface area contributed by atoms with Gasteiger partial charge in [-0.2, -0.15) is 0 Å². The van der Waals surface area contributed by atoms with Crippen molar-refractivity contribution >= 4 is 5.97 Å². The molecule has 70 valence electrons. The largest absolute Gasteiger partial charge is 0.480 e. The molecule has 0 aromatic heterocycles. The lowest BCUT2D eigenvalue weighted by atomic mass is 9.87. The van der Waals surface area contributed by atoms with Crippen molar-refractivity contribution in [2.45, 2.75) is 38.6 Å². The van der Waals surface area contributed by atoms with Gasteiger partial charge in [0.25, 0.3) is 0 Å². The molecule has 2 N–H and O–H groups in total. The van der Waals surface area contributed by atoms with Gasteiger partial charge in [0.2, 0.25) is 0 Å². The van der Waals surface area contributed by atoms with Gasteiger partial charge in [-0.25, -0.2) is 0 Å². The lowest BCUT2D eigenvalue weighted by Gasteiger charge is -2.29. The van der Waals surface area contributed by atoms with Crippen molar-refractivity contribution in [1.29, 1.82) is 0 Å². The van der Waals surface area contributed by atoms with E-state index in [1.165, 1.54) is 0 Å². The molecule has 0 aromatic carbocycles. The Balaban J connectivity index is 2.48. The Kier molecular flexibility index (Phi) is 3.53. The summed E-state index contributed by atoms with van der Waals surface area (Å²) in [5, 5.41) is 11.9. The van der Waals surface area contributed by atoms with Crippen molar-refractivity contribution in [3.8, 4) is 0 Å². The van der Waals surface area contributed by atoms with Gasteiger partial charge in [-0.1, -0.05) is 13.3 Å². The van der Waals surface area contributed by atoms with E-state index in [2.05, 4.69) is 12.2 Å². The summed E-state index contributed by atoms with van der Waals surface area (Å²) in [5.41, 5.74) is 0. The fourth-order valence-corrected chi connectivity index (χ4v) is 1.93. The average Bonchev–Trinajstić information content (AvgIpc) is 2.05. The van der Waals surface area contributed by atoms with Crippen LogP contribution in [0.2, 0.25) is 0 Å². The predicted molar refractivity (Wildman–Crippen MR) is 47.1 cm³/mol. The zero-order valence-electron chi connectivity index (χ0n) is 7.55. The molecule has 1 aliphatic heterocycles. The zero-order chi connectivity index (χ0) is 8.97. The number of rotatable bonds is 3. The normalized spacial score (nSPS) is 30.1. The minimum Gasteiger partial charge on any atom is -0.480 e. The van der Waals surface area contributed by atoms with Crippen molar-refractivity contribution in [2.75, 3.05) is 6.54 Å². The zero-order valence-corrected chi connectivity index (χ0v) is 7.55. The minimum absolute atomic E-state index is 0.293. The summed E-state index contributed by atoms with van der Waals surface area (Å²) >= 11 is 0. The maximum atomic E-state index is 10.8. The number of piperidine rings is 1. The van der Waals surface area contributed by atoms with Crippen LogP contribution in [0, 0.1) is 5.92 Å². The first-order valence-corrected chi connectivity index (χ1v) is 4.72. The lowest BCUT2D eigenvalue weighted by Crippen LogP contribution is -2.46. The second-order valence-corrected chi connectivity index (χ2v) is 3.46. The van der Waals surface area contributed by atoms with E-state index in [1.807, 2.05) is 0 Å². The van der Waals surface area contributed by atoms with Gasteiger partial charge in [0.1, 0.15) is 6.04 Å². The first-order chi connectivity index (χ1) is 5.75. The molecule has 1 heterocycles. The monoisotopic (exact) mass is 171 g/mol. The molecule has 0 aliphatic carbocycles. The van der Waals surface area contributed by atoms with E-state index in [9.17, 15) is 4.79 Å². The maximum Gasteiger partial charge on any atom is 0.320 e. The molecule has 0 unspecified atom stereocenters. The molecule has 3 nitrogen and oxygen atoms in total. The second kappa shape index (κ2) is 4.45. The average molecular weight is 171 g/mol. The van der Waals surface area contributed by atoms with Gasteiger partial charge in [0.15, 0.2) is 0 Å². The van der Waals surface area contributed by atoms with Gasteiger partial charge >= 0.3 is 5.97 Å². The highest BCUT2D eigenvalue weighted by Crippen LogP contribution is 2.21. The molecular formula is C9H17NO2. The van der Waals surface area contributed by atoms with E-state index in [-0.39, 0.29) is 6.04 Å². The number of carboxylic acid groups (broad SMARTS) is 1. The molecule has 1 aliphatic rings. The summed E-state index contributed by atoms with van der Waals surface area (Å²) in [4.78, 5) is 10.8. The van der Waals surface area contributed by atoms with Crippen LogP contribution in [0.3, 0.4) is 0 Å². The van der Waals surface area contributed by atoms with Gasteiger partial charge in [-0.3, -0.25) is 4.79 Å². The highest BCUT2D eigenvalue weighted by molar-refractivity contribution is 5.74. The van der Waals surface area contributed by atoms with Gasteiger partial charge in [0.05, 0.1) is 0 Å². The van der Waals surface area contributed by atoms with Gasteiger partial charge in [0, 0.05) is 0 Å². The third kappa shape index (κ3) is 2.21. The molecule has 12 heavy (non-hydrogen) atoms. The minimum atomic E-state index is -0.687. The van der Waals surface area contributed by atoms with E-state index in [1.54, 1.807) is 0 Å². The van der Waals surface area contributed by atoms with E-state index in [0.29, 0.717) is 5.92 Å². The molecule has 0 amide bonds. The summed E-state index contributed by atoms with van der Waals surface area (Å²) < 4.78 is 0. The van der Waals surface area contributed by atoms with Crippen molar-refractivity contribution in [1.82, 2.24) is 5.32 Å². The number of nitrogens with one attached hydrogen (secondary N) is 1. The molecule has 1 rings (SSSR count). The van der Waals surface area contributed by atoms with Crippen molar-refractivity contribution in [3.63, 3.8) is 0 Å². The highest BCUT2D eigenvalue weighted by atomic mass is 16.4. The Labute approximate surface area is 73.2 Å². The Morgan fingerprint density at radius 2 is 2.42 bits per heavy atom. The van der Waals surface area contributed by atoms with Gasteiger partial charge < -0.3 is 10.4 Å². The molecule has 0 bridgehead atoms. The molecule has 1 fully saturated rings. The van der Waals surface area contributed by atoms with Crippen LogP contribution in [0.1, 0.15) is 32.6 Å². The maximum absolute atomic E-state index is 10.8. The number of carbonyl (C=O) groups is 1.